The highest BCUT2D eigenvalue weighted by Gasteiger charge is 2.11. The van der Waals surface area contributed by atoms with E-state index in [9.17, 15) is 4.79 Å². The SMILES string of the molecule is CCc1ccc(C(=O)c2ccccc2Cl)cc1. The minimum absolute atomic E-state index is 0.0294. The molecule has 0 aromatic heterocycles. The quantitative estimate of drug-likeness (QED) is 0.742. The first-order valence-corrected chi connectivity index (χ1v) is 5.98. The van der Waals surface area contributed by atoms with Gasteiger partial charge in [0.05, 0.1) is 5.02 Å². The molecule has 0 radical (unpaired) electrons. The van der Waals surface area contributed by atoms with Gasteiger partial charge in [0, 0.05) is 11.1 Å². The highest BCUT2D eigenvalue weighted by atomic mass is 35.5. The van der Waals surface area contributed by atoms with Gasteiger partial charge in [0.2, 0.25) is 0 Å². The maximum absolute atomic E-state index is 12.2. The molecule has 0 unspecified atom stereocenters. The number of hydrogen-bond acceptors (Lipinski definition) is 1. The number of hydrogen-bond donors (Lipinski definition) is 0. The van der Waals surface area contributed by atoms with E-state index < -0.39 is 0 Å². The molecular formula is C15H13ClO. The lowest BCUT2D eigenvalue weighted by molar-refractivity contribution is 0.103. The lowest BCUT2D eigenvalue weighted by Gasteiger charge is -2.04. The Hall–Kier alpha value is -1.60. The summed E-state index contributed by atoms with van der Waals surface area (Å²) >= 11 is 6.01. The molecule has 1 nitrogen and oxygen atoms in total. The molecule has 0 aliphatic carbocycles. The second-order valence-electron chi connectivity index (χ2n) is 3.86. The third-order valence-electron chi connectivity index (χ3n) is 2.74. The Bertz CT molecular complexity index is 529. The van der Waals surface area contributed by atoms with Crippen LogP contribution >= 0.6 is 11.6 Å². The van der Waals surface area contributed by atoms with E-state index in [0.29, 0.717) is 16.1 Å². The van der Waals surface area contributed by atoms with Gasteiger partial charge in [0.15, 0.2) is 5.78 Å². The summed E-state index contributed by atoms with van der Waals surface area (Å²) in [4.78, 5) is 12.2. The third kappa shape index (κ3) is 2.56. The zero-order valence-corrected chi connectivity index (χ0v) is 10.4. The average molecular weight is 245 g/mol. The molecule has 2 aromatic carbocycles. The number of rotatable bonds is 3. The predicted octanol–water partition coefficient (Wildman–Crippen LogP) is 4.13. The lowest BCUT2D eigenvalue weighted by Crippen LogP contribution is -2.01. The van der Waals surface area contributed by atoms with E-state index in [0.717, 1.165) is 6.42 Å². The first-order valence-electron chi connectivity index (χ1n) is 5.60. The molecule has 0 aliphatic heterocycles. The summed E-state index contributed by atoms with van der Waals surface area (Å²) in [5.41, 5.74) is 2.45. The van der Waals surface area contributed by atoms with Gasteiger partial charge in [-0.05, 0) is 24.1 Å². The Morgan fingerprint density at radius 2 is 1.71 bits per heavy atom. The van der Waals surface area contributed by atoms with Crippen LogP contribution in [0.3, 0.4) is 0 Å². The summed E-state index contributed by atoms with van der Waals surface area (Å²) < 4.78 is 0. The van der Waals surface area contributed by atoms with E-state index in [-0.39, 0.29) is 5.78 Å². The smallest absolute Gasteiger partial charge is 0.194 e. The molecule has 0 aliphatic rings. The molecule has 0 bridgehead atoms. The molecule has 0 N–H and O–H groups in total. The topological polar surface area (TPSA) is 17.1 Å². The average Bonchev–Trinajstić information content (AvgIpc) is 2.39. The van der Waals surface area contributed by atoms with Gasteiger partial charge in [-0.3, -0.25) is 4.79 Å². The van der Waals surface area contributed by atoms with Crippen LogP contribution in [-0.4, -0.2) is 5.78 Å². The highest BCUT2D eigenvalue weighted by molar-refractivity contribution is 6.34. The second kappa shape index (κ2) is 5.15. The van der Waals surface area contributed by atoms with E-state index in [4.69, 9.17) is 11.6 Å². The van der Waals surface area contributed by atoms with Crippen molar-refractivity contribution < 1.29 is 4.79 Å². The Balaban J connectivity index is 2.34. The van der Waals surface area contributed by atoms with Crippen molar-refractivity contribution in [1.29, 1.82) is 0 Å². The first-order chi connectivity index (χ1) is 8.22. The van der Waals surface area contributed by atoms with Crippen molar-refractivity contribution in [1.82, 2.24) is 0 Å². The summed E-state index contributed by atoms with van der Waals surface area (Å²) in [7, 11) is 0. The molecular weight excluding hydrogens is 232 g/mol. The minimum atomic E-state index is -0.0294. The number of aryl methyl sites for hydroxylation is 1. The summed E-state index contributed by atoms with van der Waals surface area (Å²) in [6, 6.07) is 14.8. The predicted molar refractivity (Wildman–Crippen MR) is 70.7 cm³/mol. The molecule has 2 aromatic rings. The molecule has 0 fully saturated rings. The molecule has 0 atom stereocenters. The molecule has 17 heavy (non-hydrogen) atoms. The standard InChI is InChI=1S/C15H13ClO/c1-2-11-7-9-12(10-8-11)15(17)13-5-3-4-6-14(13)16/h3-10H,2H2,1H3. The Morgan fingerprint density at radius 1 is 1.06 bits per heavy atom. The van der Waals surface area contributed by atoms with Crippen LogP contribution in [0.4, 0.5) is 0 Å². The minimum Gasteiger partial charge on any atom is -0.289 e. The van der Waals surface area contributed by atoms with Gasteiger partial charge in [-0.15, -0.1) is 0 Å². The van der Waals surface area contributed by atoms with Gasteiger partial charge in [0.25, 0.3) is 0 Å². The first kappa shape index (κ1) is 11.9. The Kier molecular flexibility index (Phi) is 3.60. The van der Waals surface area contributed by atoms with Gasteiger partial charge in [0.1, 0.15) is 0 Å². The fourth-order valence-corrected chi connectivity index (χ4v) is 1.91. The van der Waals surface area contributed by atoms with E-state index >= 15 is 0 Å². The van der Waals surface area contributed by atoms with Crippen LogP contribution in [0.5, 0.6) is 0 Å². The van der Waals surface area contributed by atoms with Crippen molar-refractivity contribution in [2.45, 2.75) is 13.3 Å². The van der Waals surface area contributed by atoms with Crippen molar-refractivity contribution in [2.24, 2.45) is 0 Å². The zero-order valence-electron chi connectivity index (χ0n) is 9.61. The van der Waals surface area contributed by atoms with Gasteiger partial charge >= 0.3 is 0 Å². The Morgan fingerprint density at radius 3 is 2.29 bits per heavy atom. The normalized spacial score (nSPS) is 10.2. The summed E-state index contributed by atoms with van der Waals surface area (Å²) in [5, 5.41) is 0.497. The second-order valence-corrected chi connectivity index (χ2v) is 4.27. The molecule has 86 valence electrons. The highest BCUT2D eigenvalue weighted by Crippen LogP contribution is 2.19. The fourth-order valence-electron chi connectivity index (χ4n) is 1.69. The van der Waals surface area contributed by atoms with Crippen molar-refractivity contribution in [2.75, 3.05) is 0 Å². The van der Waals surface area contributed by atoms with Crippen LogP contribution in [0.2, 0.25) is 5.02 Å². The van der Waals surface area contributed by atoms with E-state index in [2.05, 4.69) is 6.92 Å². The molecule has 2 heteroatoms. The van der Waals surface area contributed by atoms with Crippen molar-refractivity contribution in [3.8, 4) is 0 Å². The summed E-state index contributed by atoms with van der Waals surface area (Å²) in [6.45, 7) is 2.09. The number of carbonyl (C=O) groups excluding carboxylic acids is 1. The molecule has 0 spiro atoms. The van der Waals surface area contributed by atoms with Gasteiger partial charge in [-0.2, -0.15) is 0 Å². The van der Waals surface area contributed by atoms with Crippen LogP contribution in [0, 0.1) is 0 Å². The number of carbonyl (C=O) groups is 1. The number of halogens is 1. The largest absolute Gasteiger partial charge is 0.289 e. The van der Waals surface area contributed by atoms with E-state index in [1.165, 1.54) is 5.56 Å². The van der Waals surface area contributed by atoms with Crippen LogP contribution in [0.25, 0.3) is 0 Å². The fraction of sp³-hybridized carbons (Fsp3) is 0.133. The molecule has 0 amide bonds. The van der Waals surface area contributed by atoms with Gasteiger partial charge < -0.3 is 0 Å². The van der Waals surface area contributed by atoms with E-state index in [1.54, 1.807) is 12.1 Å². The van der Waals surface area contributed by atoms with Crippen LogP contribution in [0.15, 0.2) is 48.5 Å². The molecule has 0 saturated heterocycles. The zero-order chi connectivity index (χ0) is 12.3. The molecule has 0 saturated carbocycles. The van der Waals surface area contributed by atoms with Gasteiger partial charge in [-0.25, -0.2) is 0 Å². The summed E-state index contributed by atoms with van der Waals surface area (Å²) in [5.74, 6) is -0.0294. The molecule has 2 rings (SSSR count). The van der Waals surface area contributed by atoms with Crippen LogP contribution in [-0.2, 0) is 6.42 Å². The van der Waals surface area contributed by atoms with Gasteiger partial charge in [-0.1, -0.05) is 54.9 Å². The maximum atomic E-state index is 12.2. The van der Waals surface area contributed by atoms with Crippen LogP contribution < -0.4 is 0 Å². The van der Waals surface area contributed by atoms with Crippen LogP contribution in [0.1, 0.15) is 28.4 Å². The number of ketones is 1. The Labute approximate surface area is 106 Å². The number of benzene rings is 2. The van der Waals surface area contributed by atoms with E-state index in [1.807, 2.05) is 36.4 Å². The lowest BCUT2D eigenvalue weighted by atomic mass is 10.0. The third-order valence-corrected chi connectivity index (χ3v) is 3.07. The van der Waals surface area contributed by atoms with Crippen molar-refractivity contribution >= 4 is 17.4 Å². The monoisotopic (exact) mass is 244 g/mol. The summed E-state index contributed by atoms with van der Waals surface area (Å²) in [6.07, 6.45) is 0.973. The van der Waals surface area contributed by atoms with Crippen molar-refractivity contribution in [3.63, 3.8) is 0 Å². The molecule has 0 heterocycles. The van der Waals surface area contributed by atoms with Crippen molar-refractivity contribution in [3.05, 3.63) is 70.2 Å². The maximum Gasteiger partial charge on any atom is 0.194 e.